The molecule has 5 aromatic rings. The topological polar surface area (TPSA) is 78.9 Å². The Morgan fingerprint density at radius 3 is 2.70 bits per heavy atom. The summed E-state index contributed by atoms with van der Waals surface area (Å²) in [6.07, 6.45) is 1.57. The van der Waals surface area contributed by atoms with Gasteiger partial charge in [0.1, 0.15) is 5.58 Å². The van der Waals surface area contributed by atoms with Crippen molar-refractivity contribution in [3.63, 3.8) is 0 Å². The molecule has 9 heteroatoms. The van der Waals surface area contributed by atoms with E-state index in [4.69, 9.17) is 18.9 Å². The van der Waals surface area contributed by atoms with E-state index >= 15 is 0 Å². The molecule has 0 unspecified atom stereocenters. The summed E-state index contributed by atoms with van der Waals surface area (Å²) in [6.45, 7) is 6.29. The van der Waals surface area contributed by atoms with Gasteiger partial charge in [0.25, 0.3) is 5.56 Å². The first kappa shape index (κ1) is 25.2. The van der Waals surface area contributed by atoms with Crippen molar-refractivity contribution < 1.29 is 13.9 Å². The number of halogens is 2. The second kappa shape index (κ2) is 10.5. The lowest BCUT2D eigenvalue weighted by molar-refractivity contribution is 0.222. The first-order valence-corrected chi connectivity index (χ1v) is 13.3. The molecule has 188 valence electrons. The second-order valence-electron chi connectivity index (χ2n) is 8.54. The Balaban J connectivity index is 1.66. The Morgan fingerprint density at radius 2 is 1.92 bits per heavy atom. The van der Waals surface area contributed by atoms with Gasteiger partial charge in [-0.3, -0.25) is 4.79 Å². The molecule has 0 atom stereocenters. The van der Waals surface area contributed by atoms with Gasteiger partial charge in [0.05, 0.1) is 34.3 Å². The van der Waals surface area contributed by atoms with Crippen molar-refractivity contribution >= 4 is 59.9 Å². The van der Waals surface area contributed by atoms with Gasteiger partial charge >= 0.3 is 0 Å². The van der Waals surface area contributed by atoms with Gasteiger partial charge in [0.15, 0.2) is 17.3 Å². The van der Waals surface area contributed by atoms with Crippen molar-refractivity contribution in [3.8, 4) is 23.1 Å². The van der Waals surface area contributed by atoms with Gasteiger partial charge in [-0.1, -0.05) is 28.1 Å². The Hall–Kier alpha value is -3.43. The van der Waals surface area contributed by atoms with E-state index in [1.807, 2.05) is 63.2 Å². The lowest BCUT2D eigenvalue weighted by Gasteiger charge is -2.16. The quantitative estimate of drug-likeness (QED) is 0.176. The molecule has 0 spiro atoms. The number of para-hydroxylation sites is 1. The predicted octanol–water partition coefficient (Wildman–Crippen LogP) is 7.40. The van der Waals surface area contributed by atoms with Crippen LogP contribution in [0.2, 0.25) is 0 Å². The van der Waals surface area contributed by atoms with Crippen molar-refractivity contribution in [2.24, 2.45) is 5.10 Å². The normalized spacial score (nSPS) is 11.7. The Bertz CT molecular complexity index is 1710. The highest BCUT2D eigenvalue weighted by Gasteiger charge is 2.17. The van der Waals surface area contributed by atoms with Crippen LogP contribution in [0.3, 0.4) is 0 Å². The Morgan fingerprint density at radius 1 is 1.11 bits per heavy atom. The summed E-state index contributed by atoms with van der Waals surface area (Å²) in [5, 5.41) is 5.89. The number of ether oxygens (including phenoxy) is 2. The average Bonchev–Trinajstić information content (AvgIpc) is 3.28. The van der Waals surface area contributed by atoms with Crippen LogP contribution < -0.4 is 15.0 Å². The fourth-order valence-electron chi connectivity index (χ4n) is 3.91. The Kier molecular flexibility index (Phi) is 7.17. The fraction of sp³-hybridized carbons (Fsp3) is 0.179. The molecule has 0 saturated heterocycles. The van der Waals surface area contributed by atoms with Gasteiger partial charge < -0.3 is 13.9 Å². The van der Waals surface area contributed by atoms with Crippen molar-refractivity contribution in [2.75, 3.05) is 6.61 Å². The zero-order valence-corrected chi connectivity index (χ0v) is 23.5. The second-order valence-corrected chi connectivity index (χ2v) is 10.3. The van der Waals surface area contributed by atoms with Gasteiger partial charge in [0.2, 0.25) is 5.82 Å². The largest absolute Gasteiger partial charge is 0.490 e. The third-order valence-electron chi connectivity index (χ3n) is 5.46. The Labute approximate surface area is 230 Å². The molecule has 0 radical (unpaired) electrons. The fourth-order valence-corrected chi connectivity index (χ4v) is 4.85. The lowest BCUT2D eigenvalue weighted by atomic mass is 10.2. The summed E-state index contributed by atoms with van der Waals surface area (Å²) in [5.74, 6) is 1.94. The summed E-state index contributed by atoms with van der Waals surface area (Å²) in [5.41, 5.74) is 1.66. The number of hydrogen-bond donors (Lipinski definition) is 0. The molecule has 2 aromatic heterocycles. The van der Waals surface area contributed by atoms with Crippen LogP contribution in [-0.2, 0) is 0 Å². The SMILES string of the molecule is CCOc1cc(C=Nn2c(-c3cc4cc(Br)ccc4o3)nc3ccccc3c2=O)cc(Br)c1OC(C)C. The van der Waals surface area contributed by atoms with Crippen molar-refractivity contribution in [1.29, 1.82) is 0 Å². The van der Waals surface area contributed by atoms with Crippen molar-refractivity contribution in [1.82, 2.24) is 9.66 Å². The van der Waals surface area contributed by atoms with Crippen LogP contribution in [0.4, 0.5) is 0 Å². The predicted molar refractivity (Wildman–Crippen MR) is 153 cm³/mol. The first-order valence-electron chi connectivity index (χ1n) is 11.7. The van der Waals surface area contributed by atoms with Crippen LogP contribution in [0, 0.1) is 0 Å². The summed E-state index contributed by atoms with van der Waals surface area (Å²) in [7, 11) is 0. The van der Waals surface area contributed by atoms with Crippen LogP contribution in [0.1, 0.15) is 26.3 Å². The molecule has 0 aliphatic rings. The molecular weight excluding hydrogens is 602 g/mol. The summed E-state index contributed by atoms with van der Waals surface area (Å²) in [6, 6.07) is 18.4. The molecule has 0 amide bonds. The lowest BCUT2D eigenvalue weighted by Crippen LogP contribution is -2.20. The number of hydrogen-bond acceptors (Lipinski definition) is 6. The minimum Gasteiger partial charge on any atom is -0.490 e. The van der Waals surface area contributed by atoms with E-state index < -0.39 is 0 Å². The number of nitrogens with zero attached hydrogens (tertiary/aromatic N) is 3. The molecule has 0 bridgehead atoms. The van der Waals surface area contributed by atoms with Crippen LogP contribution in [0.15, 0.2) is 83.9 Å². The zero-order valence-electron chi connectivity index (χ0n) is 20.4. The maximum atomic E-state index is 13.5. The molecule has 0 fully saturated rings. The number of rotatable bonds is 7. The molecule has 37 heavy (non-hydrogen) atoms. The molecule has 0 N–H and O–H groups in total. The van der Waals surface area contributed by atoms with Gasteiger partial charge in [-0.25, -0.2) is 4.98 Å². The van der Waals surface area contributed by atoms with E-state index in [-0.39, 0.29) is 11.7 Å². The molecule has 3 aromatic carbocycles. The average molecular weight is 625 g/mol. The van der Waals surface area contributed by atoms with E-state index in [1.54, 1.807) is 24.4 Å². The van der Waals surface area contributed by atoms with Gasteiger partial charge in [-0.2, -0.15) is 9.78 Å². The van der Waals surface area contributed by atoms with Crippen LogP contribution in [-0.4, -0.2) is 28.6 Å². The maximum Gasteiger partial charge on any atom is 0.282 e. The van der Waals surface area contributed by atoms with E-state index in [0.717, 1.165) is 14.3 Å². The van der Waals surface area contributed by atoms with E-state index in [1.165, 1.54) is 4.68 Å². The van der Waals surface area contributed by atoms with E-state index in [9.17, 15) is 4.79 Å². The third kappa shape index (κ3) is 5.19. The summed E-state index contributed by atoms with van der Waals surface area (Å²) < 4.78 is 20.7. The van der Waals surface area contributed by atoms with Crippen LogP contribution >= 0.6 is 31.9 Å². The minimum absolute atomic E-state index is 0.0238. The number of benzene rings is 3. The minimum atomic E-state index is -0.303. The molecule has 0 aliphatic heterocycles. The number of furan rings is 1. The smallest absolute Gasteiger partial charge is 0.282 e. The first-order chi connectivity index (χ1) is 17.8. The highest BCUT2D eigenvalue weighted by molar-refractivity contribution is 9.10. The highest BCUT2D eigenvalue weighted by atomic mass is 79.9. The molecule has 0 aliphatic carbocycles. The molecule has 2 heterocycles. The molecule has 5 rings (SSSR count). The van der Waals surface area contributed by atoms with Crippen molar-refractivity contribution in [3.05, 3.63) is 85.5 Å². The monoisotopic (exact) mass is 623 g/mol. The standard InChI is InChI=1S/C28H23Br2N3O4/c1-4-35-24-12-17(11-21(30)26(24)36-16(2)3)15-31-33-27(32-22-8-6-5-7-20(22)28(33)34)25-14-18-13-19(29)9-10-23(18)37-25/h5-16H,4H2,1-3H3. The molecule has 7 nitrogen and oxygen atoms in total. The third-order valence-corrected chi connectivity index (χ3v) is 6.54. The maximum absolute atomic E-state index is 13.5. The van der Waals surface area contributed by atoms with Crippen LogP contribution in [0.25, 0.3) is 33.5 Å². The molecule has 0 saturated carbocycles. The van der Waals surface area contributed by atoms with E-state index in [2.05, 4.69) is 37.0 Å². The highest BCUT2D eigenvalue weighted by Crippen LogP contribution is 2.37. The van der Waals surface area contributed by atoms with Crippen LogP contribution in [0.5, 0.6) is 11.5 Å². The van der Waals surface area contributed by atoms with Gasteiger partial charge in [0, 0.05) is 9.86 Å². The van der Waals surface area contributed by atoms with E-state index in [0.29, 0.717) is 51.7 Å². The number of fused-ring (bicyclic) bond motifs is 2. The van der Waals surface area contributed by atoms with Gasteiger partial charge in [-0.05, 0) is 90.8 Å². The summed E-state index contributed by atoms with van der Waals surface area (Å²) in [4.78, 5) is 18.3. The van der Waals surface area contributed by atoms with Crippen molar-refractivity contribution in [2.45, 2.75) is 26.9 Å². The zero-order chi connectivity index (χ0) is 26.1. The summed E-state index contributed by atoms with van der Waals surface area (Å²) >= 11 is 7.07. The number of aromatic nitrogens is 2. The molecular formula is C28H23Br2N3O4. The van der Waals surface area contributed by atoms with Gasteiger partial charge in [-0.15, -0.1) is 0 Å².